The van der Waals surface area contributed by atoms with Gasteiger partial charge in [-0.25, -0.2) is 9.97 Å². The molecule has 1 amide bonds. The Morgan fingerprint density at radius 3 is 2.89 bits per heavy atom. The quantitative estimate of drug-likeness (QED) is 0.403. The van der Waals surface area contributed by atoms with Gasteiger partial charge in [-0.2, -0.15) is 0 Å². The van der Waals surface area contributed by atoms with Crippen LogP contribution < -0.4 is 4.74 Å². The predicted octanol–water partition coefficient (Wildman–Crippen LogP) is 4.09. The monoisotopic (exact) mass is 480 g/mol. The fraction of sp³-hybridized carbons (Fsp3) is 0.357. The Labute approximate surface area is 208 Å². The number of imidazole rings is 1. The van der Waals surface area contributed by atoms with Crippen LogP contribution in [0.1, 0.15) is 23.2 Å². The van der Waals surface area contributed by atoms with E-state index in [0.717, 1.165) is 51.4 Å². The number of likely N-dealkylation sites (tertiary alicyclic amines) is 1. The molecule has 1 aliphatic carbocycles. The lowest BCUT2D eigenvalue weighted by molar-refractivity contribution is 0.0792. The van der Waals surface area contributed by atoms with Crippen LogP contribution in [0.4, 0.5) is 0 Å². The van der Waals surface area contributed by atoms with Crippen molar-refractivity contribution in [2.75, 3.05) is 26.7 Å². The second kappa shape index (κ2) is 7.78. The van der Waals surface area contributed by atoms with E-state index in [-0.39, 0.29) is 11.8 Å². The van der Waals surface area contributed by atoms with Crippen molar-refractivity contribution in [1.82, 2.24) is 24.0 Å². The molecule has 1 saturated carbocycles. The number of ether oxygens (including phenoxy) is 1. The maximum atomic E-state index is 13.5. The summed E-state index contributed by atoms with van der Waals surface area (Å²) in [7, 11) is 3.65. The number of aliphatic imine (C=N–C) groups is 1. The molecule has 1 aromatic carbocycles. The third-order valence-corrected chi connectivity index (χ3v) is 7.85. The van der Waals surface area contributed by atoms with Crippen molar-refractivity contribution in [3.05, 3.63) is 54.2 Å². The van der Waals surface area contributed by atoms with Gasteiger partial charge in [-0.3, -0.25) is 9.79 Å². The predicted molar refractivity (Wildman–Crippen MR) is 140 cm³/mol. The van der Waals surface area contributed by atoms with Crippen molar-refractivity contribution in [1.29, 1.82) is 0 Å². The van der Waals surface area contributed by atoms with Crippen LogP contribution in [-0.2, 0) is 13.6 Å². The third-order valence-electron chi connectivity index (χ3n) is 7.85. The van der Waals surface area contributed by atoms with Crippen LogP contribution in [0.5, 0.6) is 5.75 Å². The topological polar surface area (TPSA) is 77.5 Å². The molecular weight excluding hydrogens is 452 g/mol. The van der Waals surface area contributed by atoms with E-state index in [4.69, 9.17) is 9.72 Å². The van der Waals surface area contributed by atoms with E-state index < -0.39 is 0 Å². The summed E-state index contributed by atoms with van der Waals surface area (Å²) in [4.78, 5) is 29.6. The third kappa shape index (κ3) is 3.20. The number of hydrogen-bond acceptors (Lipinski definition) is 5. The molecule has 4 aromatic rings. The molecule has 1 saturated heterocycles. The lowest BCUT2D eigenvalue weighted by Gasteiger charge is -2.17. The Hall–Kier alpha value is -3.94. The molecule has 0 radical (unpaired) electrons. The zero-order valence-corrected chi connectivity index (χ0v) is 20.6. The zero-order valence-electron chi connectivity index (χ0n) is 20.6. The molecule has 2 fully saturated rings. The number of aromatic nitrogens is 4. The number of pyridine rings is 1. The fourth-order valence-corrected chi connectivity index (χ4v) is 5.71. The fourth-order valence-electron chi connectivity index (χ4n) is 5.71. The number of benzene rings is 1. The number of hydrogen-bond donors (Lipinski definition) is 0. The largest absolute Gasteiger partial charge is 0.494 e. The standard InChI is InChI=1S/C28H28N6O2/c1-16-12-30-22-15-33(14-20(16)22)28(35)19-9-21-25(24(11-19)36-3)32(2)27(31-21)23-10-18-5-4-8-29-26(18)34(23)13-17-6-7-17/h4-5,8-11,17,20H,1,6-7,12-15H2,2-3H3/t20-/m0/s1. The molecule has 8 heteroatoms. The molecule has 0 N–H and O–H groups in total. The van der Waals surface area contributed by atoms with Gasteiger partial charge in [-0.1, -0.05) is 6.58 Å². The number of aryl methyl sites for hydroxylation is 1. The first kappa shape index (κ1) is 21.4. The molecule has 182 valence electrons. The highest BCUT2D eigenvalue weighted by atomic mass is 16.5. The van der Waals surface area contributed by atoms with Crippen molar-refractivity contribution in [3.63, 3.8) is 0 Å². The number of carbonyl (C=O) groups is 1. The van der Waals surface area contributed by atoms with Crippen LogP contribution in [0.25, 0.3) is 33.6 Å². The van der Waals surface area contributed by atoms with E-state index in [9.17, 15) is 4.79 Å². The lowest BCUT2D eigenvalue weighted by Crippen LogP contribution is -2.29. The summed E-state index contributed by atoms with van der Waals surface area (Å²) in [6, 6.07) is 9.96. The Morgan fingerprint density at radius 1 is 1.25 bits per heavy atom. The minimum atomic E-state index is -0.0284. The van der Waals surface area contributed by atoms with Crippen molar-refractivity contribution in [2.24, 2.45) is 23.9 Å². The molecule has 0 unspecified atom stereocenters. The van der Waals surface area contributed by atoms with Gasteiger partial charge in [0.05, 0.1) is 31.4 Å². The molecule has 2 aliphatic heterocycles. The molecule has 3 aliphatic rings. The smallest absolute Gasteiger partial charge is 0.254 e. The van der Waals surface area contributed by atoms with Crippen LogP contribution in [0.2, 0.25) is 0 Å². The molecule has 8 nitrogen and oxygen atoms in total. The van der Waals surface area contributed by atoms with Gasteiger partial charge in [-0.15, -0.1) is 0 Å². The summed E-state index contributed by atoms with van der Waals surface area (Å²) in [5.41, 5.74) is 6.38. The van der Waals surface area contributed by atoms with Crippen LogP contribution in [0.3, 0.4) is 0 Å². The van der Waals surface area contributed by atoms with Gasteiger partial charge in [0, 0.05) is 48.9 Å². The number of nitrogens with zero attached hydrogens (tertiary/aromatic N) is 6. The van der Waals surface area contributed by atoms with Gasteiger partial charge in [0.2, 0.25) is 0 Å². The van der Waals surface area contributed by atoms with Gasteiger partial charge in [0.25, 0.3) is 5.91 Å². The average Bonchev–Trinajstić information content (AvgIpc) is 3.19. The number of fused-ring (bicyclic) bond motifs is 3. The molecule has 3 aromatic heterocycles. The first-order valence-electron chi connectivity index (χ1n) is 12.5. The summed E-state index contributed by atoms with van der Waals surface area (Å²) >= 11 is 0. The molecule has 7 rings (SSSR count). The van der Waals surface area contributed by atoms with Gasteiger partial charge in [-0.05, 0) is 54.7 Å². The lowest BCUT2D eigenvalue weighted by atomic mass is 10.0. The highest BCUT2D eigenvalue weighted by molar-refractivity contribution is 6.05. The highest BCUT2D eigenvalue weighted by Crippen LogP contribution is 2.37. The van der Waals surface area contributed by atoms with Gasteiger partial charge in [0.15, 0.2) is 5.82 Å². The van der Waals surface area contributed by atoms with E-state index >= 15 is 0 Å². The van der Waals surface area contributed by atoms with E-state index in [1.807, 2.05) is 36.3 Å². The summed E-state index contributed by atoms with van der Waals surface area (Å²) < 4.78 is 10.1. The SMILES string of the molecule is C=C1CN=C2CN(C(=O)c3cc(OC)c4c(c3)nc(-c3cc5cccnc5n3CC3CC3)n4C)C[C@@H]12. The van der Waals surface area contributed by atoms with Crippen molar-refractivity contribution in [3.8, 4) is 17.3 Å². The van der Waals surface area contributed by atoms with Crippen LogP contribution in [0.15, 0.2) is 53.7 Å². The maximum Gasteiger partial charge on any atom is 0.254 e. The van der Waals surface area contributed by atoms with Gasteiger partial charge in [0.1, 0.15) is 16.9 Å². The Bertz CT molecular complexity index is 1610. The zero-order chi connectivity index (χ0) is 24.6. The van der Waals surface area contributed by atoms with E-state index in [1.54, 1.807) is 7.11 Å². The Kier molecular flexibility index (Phi) is 4.61. The van der Waals surface area contributed by atoms with E-state index in [2.05, 4.69) is 37.8 Å². The summed E-state index contributed by atoms with van der Waals surface area (Å²) in [6.07, 6.45) is 4.36. The highest BCUT2D eigenvalue weighted by Gasteiger charge is 2.37. The number of rotatable bonds is 5. The molecule has 0 bridgehead atoms. The Morgan fingerprint density at radius 2 is 2.11 bits per heavy atom. The van der Waals surface area contributed by atoms with Gasteiger partial charge >= 0.3 is 0 Å². The first-order valence-corrected chi connectivity index (χ1v) is 12.5. The maximum absolute atomic E-state index is 13.5. The molecule has 0 spiro atoms. The van der Waals surface area contributed by atoms with Crippen molar-refractivity contribution < 1.29 is 9.53 Å². The minimum Gasteiger partial charge on any atom is -0.494 e. The van der Waals surface area contributed by atoms with Gasteiger partial charge < -0.3 is 18.8 Å². The number of methoxy groups -OCH3 is 1. The van der Waals surface area contributed by atoms with Crippen LogP contribution >= 0.6 is 0 Å². The minimum absolute atomic E-state index is 0.0284. The van der Waals surface area contributed by atoms with Crippen LogP contribution in [0, 0.1) is 11.8 Å². The van der Waals surface area contributed by atoms with Crippen molar-refractivity contribution in [2.45, 2.75) is 19.4 Å². The summed E-state index contributed by atoms with van der Waals surface area (Å²) in [5.74, 6) is 2.34. The van der Waals surface area contributed by atoms with Crippen LogP contribution in [-0.4, -0.2) is 62.4 Å². The Balaban J connectivity index is 1.32. The summed E-state index contributed by atoms with van der Waals surface area (Å²) in [6.45, 7) is 6.95. The average molecular weight is 481 g/mol. The number of amides is 1. The molecule has 1 atom stereocenters. The molecule has 36 heavy (non-hydrogen) atoms. The second-order valence-corrected chi connectivity index (χ2v) is 10.2. The summed E-state index contributed by atoms with van der Waals surface area (Å²) in [5, 5.41) is 1.10. The molecule has 5 heterocycles. The number of carbonyl (C=O) groups excluding carboxylic acids is 1. The van der Waals surface area contributed by atoms with E-state index in [0.29, 0.717) is 36.9 Å². The first-order chi connectivity index (χ1) is 17.5. The van der Waals surface area contributed by atoms with E-state index in [1.165, 1.54) is 12.8 Å². The normalized spacial score (nSPS) is 19.4. The van der Waals surface area contributed by atoms with Crippen molar-refractivity contribution >= 4 is 33.7 Å². The second-order valence-electron chi connectivity index (χ2n) is 10.2. The molecular formula is C28H28N6O2.